The molecule has 0 atom stereocenters. The highest BCUT2D eigenvalue weighted by molar-refractivity contribution is 4.46. The second kappa shape index (κ2) is 15.7. The third kappa shape index (κ3) is 40.1. The summed E-state index contributed by atoms with van der Waals surface area (Å²) in [6.45, 7) is 0.390. The first-order chi connectivity index (χ1) is 4.33. The third-order valence-corrected chi connectivity index (χ3v) is 0.566. The van der Waals surface area contributed by atoms with Crippen LogP contribution in [0.3, 0.4) is 0 Å². The molecule has 0 amide bonds. The average molecular weight is 132 g/mol. The van der Waals surface area contributed by atoms with Crippen molar-refractivity contribution in [3.63, 3.8) is 0 Å². The Labute approximate surface area is 54.5 Å². The van der Waals surface area contributed by atoms with E-state index in [9.17, 15) is 0 Å². The van der Waals surface area contributed by atoms with Gasteiger partial charge in [0, 0.05) is 13.2 Å². The molecule has 0 aromatic rings. The molecule has 0 saturated heterocycles. The molecule has 0 rings (SSSR count). The molecule has 0 aromatic carbocycles. The minimum atomic E-state index is 0.195. The van der Waals surface area contributed by atoms with Crippen LogP contribution in [0, 0.1) is 11.5 Å². The molecule has 0 unspecified atom stereocenters. The van der Waals surface area contributed by atoms with Gasteiger partial charge < -0.3 is 15.9 Å². The number of hydrogen-bond acceptors (Lipinski definition) is 4. The van der Waals surface area contributed by atoms with Gasteiger partial charge in [0.25, 0.3) is 0 Å². The van der Waals surface area contributed by atoms with E-state index in [-0.39, 0.29) is 13.2 Å². The molecule has 4 N–H and O–H groups in total. The number of aliphatic hydroxyl groups is 2. The van der Waals surface area contributed by atoms with Crippen LogP contribution >= 0.6 is 0 Å². The maximum Gasteiger partial charge on any atom is 0.173 e. The van der Waals surface area contributed by atoms with Crippen molar-refractivity contribution < 1.29 is 10.2 Å². The number of unbranched alkanes of at least 4 members (excludes halogenated alkanes) is 1. The Hall–Kier alpha value is -0.790. The van der Waals surface area contributed by atoms with E-state index >= 15 is 0 Å². The molecule has 0 aliphatic heterocycles. The van der Waals surface area contributed by atoms with E-state index in [0.717, 1.165) is 12.8 Å². The molecule has 0 aromatic heterocycles. The van der Waals surface area contributed by atoms with Gasteiger partial charge in [-0.1, -0.05) is 0 Å². The highest BCUT2D eigenvalue weighted by Crippen LogP contribution is 1.80. The number of aliphatic hydroxyl groups excluding tert-OH is 2. The van der Waals surface area contributed by atoms with Crippen molar-refractivity contribution in [3.8, 4) is 6.19 Å². The first-order valence-electron chi connectivity index (χ1n) is 2.64. The predicted molar refractivity (Wildman–Crippen MR) is 33.2 cm³/mol. The zero-order chi connectivity index (χ0) is 7.54. The van der Waals surface area contributed by atoms with Crippen LogP contribution in [0.4, 0.5) is 0 Å². The van der Waals surface area contributed by atoms with Crippen LogP contribution in [-0.2, 0) is 0 Å². The van der Waals surface area contributed by atoms with Crippen LogP contribution in [0.15, 0.2) is 0 Å². The number of hydrogen-bond donors (Lipinski definition) is 3. The lowest BCUT2D eigenvalue weighted by atomic mass is 10.3. The summed E-state index contributed by atoms with van der Waals surface area (Å²) in [4.78, 5) is 0. The van der Waals surface area contributed by atoms with E-state index in [4.69, 9.17) is 15.5 Å². The summed E-state index contributed by atoms with van der Waals surface area (Å²) in [5.74, 6) is 0. The molecule has 0 aliphatic rings. The van der Waals surface area contributed by atoms with Crippen molar-refractivity contribution in [1.29, 1.82) is 5.26 Å². The Bertz CT molecular complexity index is 65.8. The number of rotatable bonds is 3. The van der Waals surface area contributed by atoms with Crippen LogP contribution in [0.25, 0.3) is 0 Å². The fourth-order valence-corrected chi connectivity index (χ4v) is 0.224. The summed E-state index contributed by atoms with van der Waals surface area (Å²) in [6.07, 6.45) is 2.69. The van der Waals surface area contributed by atoms with Gasteiger partial charge in [0.2, 0.25) is 0 Å². The van der Waals surface area contributed by atoms with Crippen LogP contribution < -0.4 is 5.73 Å². The summed E-state index contributed by atoms with van der Waals surface area (Å²) >= 11 is 0. The van der Waals surface area contributed by atoms with Crippen molar-refractivity contribution in [3.05, 3.63) is 0 Å². The molecule has 0 saturated carbocycles. The Morgan fingerprint density at radius 1 is 1.22 bits per heavy atom. The summed E-state index contributed by atoms with van der Waals surface area (Å²) in [5, 5.41) is 23.3. The fourth-order valence-electron chi connectivity index (χ4n) is 0.224. The second-order valence-corrected chi connectivity index (χ2v) is 1.28. The van der Waals surface area contributed by atoms with Gasteiger partial charge in [0.1, 0.15) is 0 Å². The lowest BCUT2D eigenvalue weighted by Gasteiger charge is -1.85. The minimum absolute atomic E-state index is 0.195. The van der Waals surface area contributed by atoms with Crippen molar-refractivity contribution in [1.82, 2.24) is 0 Å². The van der Waals surface area contributed by atoms with Gasteiger partial charge in [-0.15, -0.1) is 0 Å². The van der Waals surface area contributed by atoms with E-state index in [1.165, 1.54) is 6.19 Å². The molecule has 0 bridgehead atoms. The van der Waals surface area contributed by atoms with E-state index in [1.807, 2.05) is 0 Å². The molecule has 0 fully saturated rings. The van der Waals surface area contributed by atoms with Crippen molar-refractivity contribution in [2.24, 2.45) is 5.73 Å². The molecule has 4 heteroatoms. The summed E-state index contributed by atoms with van der Waals surface area (Å²) in [7, 11) is 0. The quantitative estimate of drug-likeness (QED) is 0.266. The second-order valence-electron chi connectivity index (χ2n) is 1.28. The lowest BCUT2D eigenvalue weighted by Crippen LogP contribution is -1.85. The van der Waals surface area contributed by atoms with Gasteiger partial charge >= 0.3 is 0 Å². The van der Waals surface area contributed by atoms with Crippen LogP contribution in [-0.4, -0.2) is 23.4 Å². The third-order valence-electron chi connectivity index (χ3n) is 0.566. The molecule has 4 nitrogen and oxygen atoms in total. The minimum Gasteiger partial charge on any atom is -0.396 e. The topological polar surface area (TPSA) is 90.3 Å². The number of nitrogens with zero attached hydrogens (tertiary/aromatic N) is 1. The Kier molecular flexibility index (Phi) is 19.3. The first-order valence-corrected chi connectivity index (χ1v) is 2.64. The molecular formula is C5H12N2O2. The van der Waals surface area contributed by atoms with Gasteiger partial charge in [-0.2, -0.15) is 5.26 Å². The van der Waals surface area contributed by atoms with E-state index in [1.54, 1.807) is 0 Å². The van der Waals surface area contributed by atoms with E-state index in [2.05, 4.69) is 5.73 Å². The highest BCUT2D eigenvalue weighted by atomic mass is 16.3. The maximum absolute atomic E-state index is 8.09. The summed E-state index contributed by atoms with van der Waals surface area (Å²) in [6, 6.07) is 0. The van der Waals surface area contributed by atoms with E-state index in [0.29, 0.717) is 0 Å². The first kappa shape index (κ1) is 11.1. The van der Waals surface area contributed by atoms with Crippen molar-refractivity contribution >= 4 is 0 Å². The zero-order valence-electron chi connectivity index (χ0n) is 5.25. The van der Waals surface area contributed by atoms with Crippen LogP contribution in [0.1, 0.15) is 12.8 Å². The van der Waals surface area contributed by atoms with Gasteiger partial charge in [0.05, 0.1) is 0 Å². The number of nitrogens with two attached hydrogens (primary N) is 1. The zero-order valence-corrected chi connectivity index (χ0v) is 5.25. The molecule has 0 aliphatic carbocycles. The number of nitriles is 1. The summed E-state index contributed by atoms with van der Waals surface area (Å²) < 4.78 is 0. The maximum atomic E-state index is 8.09. The highest BCUT2D eigenvalue weighted by Gasteiger charge is 1.77. The fraction of sp³-hybridized carbons (Fsp3) is 0.800. The average Bonchev–Trinajstić information content (AvgIpc) is 1.86. The normalized spacial score (nSPS) is 6.78. The molecule has 0 spiro atoms. The van der Waals surface area contributed by atoms with Gasteiger partial charge in [-0.3, -0.25) is 0 Å². The SMILES string of the molecule is N#CN.OCCCCO. The molecule has 0 radical (unpaired) electrons. The monoisotopic (exact) mass is 132 g/mol. The van der Waals surface area contributed by atoms with E-state index < -0.39 is 0 Å². The van der Waals surface area contributed by atoms with Crippen LogP contribution in [0.2, 0.25) is 0 Å². The molecular weight excluding hydrogens is 120 g/mol. The molecule has 54 valence electrons. The van der Waals surface area contributed by atoms with Gasteiger partial charge in [0.15, 0.2) is 6.19 Å². The summed E-state index contributed by atoms with van der Waals surface area (Å²) in [5.41, 5.74) is 4.15. The van der Waals surface area contributed by atoms with Crippen molar-refractivity contribution in [2.75, 3.05) is 13.2 Å². The van der Waals surface area contributed by atoms with Gasteiger partial charge in [-0.05, 0) is 12.8 Å². The van der Waals surface area contributed by atoms with Crippen molar-refractivity contribution in [2.45, 2.75) is 12.8 Å². The standard InChI is InChI=1S/C4H10O2.CH2N2/c5-3-1-2-4-6;2-1-3/h5-6H,1-4H2;2H2. The largest absolute Gasteiger partial charge is 0.396 e. The Morgan fingerprint density at radius 2 is 1.44 bits per heavy atom. The Morgan fingerprint density at radius 3 is 1.56 bits per heavy atom. The molecule has 0 heterocycles. The van der Waals surface area contributed by atoms with Gasteiger partial charge in [-0.25, -0.2) is 0 Å². The Balaban J connectivity index is 0. The van der Waals surface area contributed by atoms with Crippen LogP contribution in [0.5, 0.6) is 0 Å². The smallest absolute Gasteiger partial charge is 0.173 e. The lowest BCUT2D eigenvalue weighted by molar-refractivity contribution is 0.242. The predicted octanol–water partition coefficient (Wildman–Crippen LogP) is -0.823. The molecule has 9 heavy (non-hydrogen) atoms.